The fourth-order valence-electron chi connectivity index (χ4n) is 1.64. The summed E-state index contributed by atoms with van der Waals surface area (Å²) in [5, 5.41) is 11.9. The minimum Gasteiger partial charge on any atom is -0.503 e. The van der Waals surface area contributed by atoms with Crippen molar-refractivity contribution < 1.29 is 18.9 Å². The molecule has 5 heteroatoms. The maximum atomic E-state index is 13.3. The number of nitrogens with zero attached hydrogens (tertiary/aromatic N) is 1. The molecule has 0 unspecified atom stereocenters. The molecule has 2 rings (SSSR count). The summed E-state index contributed by atoms with van der Waals surface area (Å²) in [6.07, 6.45) is 3.10. The average molecular weight is 261 g/mol. The van der Waals surface area contributed by atoms with Crippen LogP contribution in [0.3, 0.4) is 0 Å². The number of anilines is 1. The van der Waals surface area contributed by atoms with E-state index in [9.17, 15) is 14.3 Å². The van der Waals surface area contributed by atoms with Crippen molar-refractivity contribution in [2.24, 2.45) is 0 Å². The van der Waals surface area contributed by atoms with Gasteiger partial charge in [-0.3, -0.25) is 4.79 Å². The summed E-state index contributed by atoms with van der Waals surface area (Å²) in [7, 11) is 0. The van der Waals surface area contributed by atoms with Gasteiger partial charge in [-0.2, -0.15) is 4.57 Å². The molecule has 0 radical (unpaired) electrons. The molecule has 0 aliphatic carbocycles. The normalized spacial score (nSPS) is 10.2. The summed E-state index contributed by atoms with van der Waals surface area (Å²) in [6.45, 7) is 1.70. The van der Waals surface area contributed by atoms with E-state index in [4.69, 9.17) is 0 Å². The molecular weight excluding hydrogens is 247 g/mol. The van der Waals surface area contributed by atoms with Crippen molar-refractivity contribution in [1.29, 1.82) is 0 Å². The summed E-state index contributed by atoms with van der Waals surface area (Å²) < 4.78 is 14.9. The van der Waals surface area contributed by atoms with E-state index >= 15 is 0 Å². The van der Waals surface area contributed by atoms with Crippen LogP contribution in [0.15, 0.2) is 42.7 Å². The first-order valence-corrected chi connectivity index (χ1v) is 5.78. The highest BCUT2D eigenvalue weighted by Gasteiger charge is 2.10. The quantitative estimate of drug-likeness (QED) is 0.827. The Morgan fingerprint density at radius 1 is 1.42 bits per heavy atom. The molecule has 0 fully saturated rings. The Balaban J connectivity index is 2.03. The molecule has 19 heavy (non-hydrogen) atoms. The fourth-order valence-corrected chi connectivity index (χ4v) is 1.64. The van der Waals surface area contributed by atoms with Crippen LogP contribution in [-0.2, 0) is 11.3 Å². The minimum absolute atomic E-state index is 0.0455. The van der Waals surface area contributed by atoms with E-state index in [-0.39, 0.29) is 24.0 Å². The number of pyridine rings is 1. The topological polar surface area (TPSA) is 53.2 Å². The maximum Gasteiger partial charge on any atom is 0.290 e. The Bertz CT molecular complexity index is 614. The lowest BCUT2D eigenvalue weighted by Gasteiger charge is -2.04. The summed E-state index contributed by atoms with van der Waals surface area (Å²) in [5.41, 5.74) is 0.939. The zero-order valence-electron chi connectivity index (χ0n) is 10.4. The number of carbonyl (C=O) groups excluding carboxylic acids is 1. The van der Waals surface area contributed by atoms with Crippen LogP contribution in [0.1, 0.15) is 5.56 Å². The molecule has 0 saturated carbocycles. The van der Waals surface area contributed by atoms with Gasteiger partial charge in [-0.1, -0.05) is 6.07 Å². The highest BCUT2D eigenvalue weighted by atomic mass is 19.1. The number of aromatic nitrogens is 1. The standard InChI is InChI=1S/C14H13FN2O2/c1-10-4-5-11(7-13(10)15)16-14(19)9-17-6-2-3-12(18)8-17/h2-8H,9H2,1H3,(H-,16,18,19)/p+1. The number of amides is 1. The van der Waals surface area contributed by atoms with E-state index in [0.29, 0.717) is 11.3 Å². The molecule has 0 aliphatic rings. The molecule has 0 bridgehead atoms. The van der Waals surface area contributed by atoms with Crippen LogP contribution in [0.2, 0.25) is 0 Å². The number of carbonyl (C=O) groups is 1. The lowest BCUT2D eigenvalue weighted by atomic mass is 10.2. The first-order valence-electron chi connectivity index (χ1n) is 5.78. The molecule has 1 aromatic heterocycles. The molecule has 0 spiro atoms. The second kappa shape index (κ2) is 5.48. The van der Waals surface area contributed by atoms with Crippen molar-refractivity contribution in [2.75, 3.05) is 5.32 Å². The minimum atomic E-state index is -0.359. The molecule has 2 N–H and O–H groups in total. The van der Waals surface area contributed by atoms with Crippen LogP contribution in [0.25, 0.3) is 0 Å². The van der Waals surface area contributed by atoms with Crippen molar-refractivity contribution in [3.05, 3.63) is 54.1 Å². The van der Waals surface area contributed by atoms with Gasteiger partial charge in [0.2, 0.25) is 12.7 Å². The Hall–Kier alpha value is -2.43. The van der Waals surface area contributed by atoms with Gasteiger partial charge >= 0.3 is 0 Å². The maximum absolute atomic E-state index is 13.3. The highest BCUT2D eigenvalue weighted by Crippen LogP contribution is 2.13. The van der Waals surface area contributed by atoms with Gasteiger partial charge in [0.25, 0.3) is 5.91 Å². The molecule has 1 aromatic carbocycles. The molecule has 2 aromatic rings. The second-order valence-corrected chi connectivity index (χ2v) is 4.25. The van der Waals surface area contributed by atoms with Crippen molar-refractivity contribution in [3.8, 4) is 5.75 Å². The smallest absolute Gasteiger partial charge is 0.290 e. The number of hydrogen-bond acceptors (Lipinski definition) is 2. The first kappa shape index (κ1) is 13.0. The number of benzene rings is 1. The van der Waals surface area contributed by atoms with E-state index < -0.39 is 0 Å². The predicted octanol–water partition coefficient (Wildman–Crippen LogP) is 1.77. The Morgan fingerprint density at radius 3 is 2.89 bits per heavy atom. The fraction of sp³-hybridized carbons (Fsp3) is 0.143. The predicted molar refractivity (Wildman–Crippen MR) is 68.1 cm³/mol. The zero-order chi connectivity index (χ0) is 13.8. The van der Waals surface area contributed by atoms with Crippen LogP contribution in [0.4, 0.5) is 10.1 Å². The van der Waals surface area contributed by atoms with E-state index in [1.807, 2.05) is 0 Å². The van der Waals surface area contributed by atoms with Gasteiger partial charge in [-0.05, 0) is 30.7 Å². The molecule has 4 nitrogen and oxygen atoms in total. The third kappa shape index (κ3) is 3.51. The molecule has 1 amide bonds. The number of rotatable bonds is 3. The third-order valence-electron chi connectivity index (χ3n) is 2.62. The van der Waals surface area contributed by atoms with Gasteiger partial charge in [-0.15, -0.1) is 0 Å². The highest BCUT2D eigenvalue weighted by molar-refractivity contribution is 5.89. The Kier molecular flexibility index (Phi) is 3.75. The molecule has 0 atom stereocenters. The summed E-state index contributed by atoms with van der Waals surface area (Å²) in [4.78, 5) is 11.8. The third-order valence-corrected chi connectivity index (χ3v) is 2.62. The number of aryl methyl sites for hydroxylation is 1. The van der Waals surface area contributed by atoms with E-state index in [2.05, 4.69) is 5.32 Å². The van der Waals surface area contributed by atoms with E-state index in [1.54, 1.807) is 31.3 Å². The molecule has 0 saturated heterocycles. The van der Waals surface area contributed by atoms with Gasteiger partial charge in [0, 0.05) is 11.8 Å². The van der Waals surface area contributed by atoms with Gasteiger partial charge in [0.05, 0.1) is 0 Å². The summed E-state index contributed by atoms with van der Waals surface area (Å²) in [5.74, 6) is -0.571. The zero-order valence-corrected chi connectivity index (χ0v) is 10.4. The Labute approximate surface area is 110 Å². The number of hydrogen-bond donors (Lipinski definition) is 2. The molecular formula is C14H14FN2O2+. The number of nitrogens with one attached hydrogen (secondary N) is 1. The van der Waals surface area contributed by atoms with Crippen molar-refractivity contribution in [1.82, 2.24) is 0 Å². The largest absolute Gasteiger partial charge is 0.503 e. The first-order chi connectivity index (χ1) is 9.04. The van der Waals surface area contributed by atoms with Crippen LogP contribution in [0, 0.1) is 12.7 Å². The van der Waals surface area contributed by atoms with Crippen LogP contribution < -0.4 is 9.88 Å². The van der Waals surface area contributed by atoms with Crippen LogP contribution >= 0.6 is 0 Å². The monoisotopic (exact) mass is 261 g/mol. The van der Waals surface area contributed by atoms with Crippen molar-refractivity contribution >= 4 is 11.6 Å². The summed E-state index contributed by atoms with van der Waals surface area (Å²) in [6, 6.07) is 7.67. The number of halogens is 1. The number of aromatic hydroxyl groups is 1. The second-order valence-electron chi connectivity index (χ2n) is 4.25. The molecule has 1 heterocycles. The van der Waals surface area contributed by atoms with Gasteiger partial charge in [0.15, 0.2) is 11.9 Å². The van der Waals surface area contributed by atoms with E-state index in [0.717, 1.165) is 0 Å². The van der Waals surface area contributed by atoms with Crippen LogP contribution in [0.5, 0.6) is 5.75 Å². The van der Waals surface area contributed by atoms with Crippen molar-refractivity contribution in [3.63, 3.8) is 0 Å². The lowest BCUT2D eigenvalue weighted by Crippen LogP contribution is -2.39. The van der Waals surface area contributed by atoms with E-state index in [1.165, 1.54) is 22.9 Å². The van der Waals surface area contributed by atoms with Crippen molar-refractivity contribution in [2.45, 2.75) is 13.5 Å². The SMILES string of the molecule is Cc1ccc(NC(=O)C[n+]2cccc(O)c2)cc1F. The lowest BCUT2D eigenvalue weighted by molar-refractivity contribution is -0.684. The molecule has 0 aliphatic heterocycles. The summed E-state index contributed by atoms with van der Waals surface area (Å²) >= 11 is 0. The van der Waals surface area contributed by atoms with Gasteiger partial charge in [-0.25, -0.2) is 4.39 Å². The average Bonchev–Trinajstić information content (AvgIpc) is 2.34. The van der Waals surface area contributed by atoms with Crippen LogP contribution in [-0.4, -0.2) is 11.0 Å². The molecule has 98 valence electrons. The van der Waals surface area contributed by atoms with Gasteiger partial charge < -0.3 is 10.4 Å². The van der Waals surface area contributed by atoms with Gasteiger partial charge in [0.1, 0.15) is 5.82 Å². The Morgan fingerprint density at radius 2 is 2.21 bits per heavy atom.